The van der Waals surface area contributed by atoms with Gasteiger partial charge in [0, 0.05) is 70.1 Å². The summed E-state index contributed by atoms with van der Waals surface area (Å²) in [5.41, 5.74) is 2.16. The Hall–Kier alpha value is -3.42. The first kappa shape index (κ1) is 18.0. The highest BCUT2D eigenvalue weighted by molar-refractivity contribution is 5.62. The zero-order valence-electron chi connectivity index (χ0n) is 16.2. The predicted octanol–water partition coefficient (Wildman–Crippen LogP) is 2.40. The van der Waals surface area contributed by atoms with Crippen molar-refractivity contribution in [3.8, 4) is 0 Å². The summed E-state index contributed by atoms with van der Waals surface area (Å²) < 4.78 is 0. The van der Waals surface area contributed by atoms with Crippen molar-refractivity contribution < 1.29 is 0 Å². The highest BCUT2D eigenvalue weighted by Crippen LogP contribution is 2.22. The van der Waals surface area contributed by atoms with Crippen molar-refractivity contribution in [3.05, 3.63) is 55.1 Å². The predicted molar refractivity (Wildman–Crippen MR) is 113 cm³/mol. The van der Waals surface area contributed by atoms with Gasteiger partial charge >= 0.3 is 0 Å². The average Bonchev–Trinajstić information content (AvgIpc) is 2.75. The first-order chi connectivity index (χ1) is 13.7. The van der Waals surface area contributed by atoms with Gasteiger partial charge in [-0.25, -0.2) is 19.9 Å². The molecule has 1 aliphatic heterocycles. The molecule has 28 heavy (non-hydrogen) atoms. The topological polar surface area (TPSA) is 73.3 Å². The minimum atomic E-state index is 0.786. The van der Waals surface area contributed by atoms with Gasteiger partial charge in [-0.2, -0.15) is 0 Å². The van der Waals surface area contributed by atoms with Crippen LogP contribution in [-0.4, -0.2) is 60.2 Å². The molecule has 0 aliphatic carbocycles. The molecule has 8 nitrogen and oxygen atoms in total. The van der Waals surface area contributed by atoms with Crippen molar-refractivity contribution >= 4 is 29.0 Å². The van der Waals surface area contributed by atoms with Crippen molar-refractivity contribution in [1.29, 1.82) is 0 Å². The Morgan fingerprint density at radius 2 is 1.54 bits per heavy atom. The van der Waals surface area contributed by atoms with Gasteiger partial charge in [-0.05, 0) is 30.3 Å². The van der Waals surface area contributed by atoms with Crippen LogP contribution >= 0.6 is 0 Å². The van der Waals surface area contributed by atoms with Crippen molar-refractivity contribution in [2.24, 2.45) is 0 Å². The Labute approximate surface area is 164 Å². The second kappa shape index (κ2) is 8.08. The molecule has 2 aromatic heterocycles. The Bertz CT molecular complexity index is 890. The second-order valence-corrected chi connectivity index (χ2v) is 6.85. The SMILES string of the molecule is CN(C)c1ccc(Nc2cc(N3CCN(c4ncccn4)CC3)ncn2)cc1. The zero-order chi connectivity index (χ0) is 19.3. The van der Waals surface area contributed by atoms with Gasteiger partial charge in [-0.15, -0.1) is 0 Å². The molecule has 1 aromatic carbocycles. The Morgan fingerprint density at radius 1 is 0.857 bits per heavy atom. The Morgan fingerprint density at radius 3 is 2.21 bits per heavy atom. The lowest BCUT2D eigenvalue weighted by Gasteiger charge is -2.35. The van der Waals surface area contributed by atoms with E-state index in [2.05, 4.69) is 64.2 Å². The maximum atomic E-state index is 4.46. The number of benzene rings is 1. The summed E-state index contributed by atoms with van der Waals surface area (Å²) in [6.07, 6.45) is 5.17. The molecule has 1 fully saturated rings. The number of nitrogens with one attached hydrogen (secondary N) is 1. The summed E-state index contributed by atoms with van der Waals surface area (Å²) in [5.74, 6) is 2.50. The third kappa shape index (κ3) is 4.11. The van der Waals surface area contributed by atoms with Gasteiger partial charge in [-0.1, -0.05) is 0 Å². The molecule has 0 bridgehead atoms. The van der Waals surface area contributed by atoms with E-state index in [0.29, 0.717) is 0 Å². The zero-order valence-corrected chi connectivity index (χ0v) is 16.2. The van der Waals surface area contributed by atoms with Crippen LogP contribution in [0.15, 0.2) is 55.1 Å². The van der Waals surface area contributed by atoms with E-state index in [0.717, 1.165) is 55.1 Å². The molecule has 8 heteroatoms. The van der Waals surface area contributed by atoms with Gasteiger partial charge in [0.1, 0.15) is 18.0 Å². The van der Waals surface area contributed by atoms with Crippen molar-refractivity contribution in [2.45, 2.75) is 0 Å². The third-order valence-corrected chi connectivity index (χ3v) is 4.75. The average molecular weight is 376 g/mol. The van der Waals surface area contributed by atoms with E-state index in [1.165, 1.54) is 0 Å². The van der Waals surface area contributed by atoms with E-state index >= 15 is 0 Å². The summed E-state index contributed by atoms with van der Waals surface area (Å²) in [4.78, 5) is 24.0. The quantitative estimate of drug-likeness (QED) is 0.728. The highest BCUT2D eigenvalue weighted by atomic mass is 15.3. The molecule has 1 N–H and O–H groups in total. The van der Waals surface area contributed by atoms with Crippen LogP contribution in [0.2, 0.25) is 0 Å². The second-order valence-electron chi connectivity index (χ2n) is 6.85. The fourth-order valence-electron chi connectivity index (χ4n) is 3.17. The summed E-state index contributed by atoms with van der Waals surface area (Å²) in [6, 6.07) is 12.1. The first-order valence-electron chi connectivity index (χ1n) is 9.32. The van der Waals surface area contributed by atoms with Gasteiger partial charge in [0.2, 0.25) is 5.95 Å². The van der Waals surface area contributed by atoms with Crippen LogP contribution in [0.1, 0.15) is 0 Å². The number of hydrogen-bond acceptors (Lipinski definition) is 8. The van der Waals surface area contributed by atoms with Crippen LogP contribution in [0.5, 0.6) is 0 Å². The lowest BCUT2D eigenvalue weighted by molar-refractivity contribution is 0.634. The van der Waals surface area contributed by atoms with E-state index in [4.69, 9.17) is 0 Å². The fraction of sp³-hybridized carbons (Fsp3) is 0.300. The number of aromatic nitrogens is 4. The van der Waals surface area contributed by atoms with E-state index in [9.17, 15) is 0 Å². The molecule has 1 saturated heterocycles. The monoisotopic (exact) mass is 376 g/mol. The molecular formula is C20H24N8. The van der Waals surface area contributed by atoms with E-state index in [1.54, 1.807) is 18.7 Å². The summed E-state index contributed by atoms with van der Waals surface area (Å²) in [7, 11) is 4.06. The minimum Gasteiger partial charge on any atom is -0.378 e. The molecule has 0 spiro atoms. The standard InChI is InChI=1S/C20H24N8/c1-26(2)17-6-4-16(5-7-17)25-18-14-19(24-15-23-18)27-10-12-28(13-11-27)20-21-8-3-9-22-20/h3-9,14-15H,10-13H2,1-2H3,(H,23,24,25). The van der Waals surface area contributed by atoms with Crippen LogP contribution < -0.4 is 20.0 Å². The van der Waals surface area contributed by atoms with Gasteiger partial charge in [-0.3, -0.25) is 0 Å². The third-order valence-electron chi connectivity index (χ3n) is 4.75. The summed E-state index contributed by atoms with van der Waals surface area (Å²) in [5, 5.41) is 3.36. The number of anilines is 5. The van der Waals surface area contributed by atoms with Crippen molar-refractivity contribution in [3.63, 3.8) is 0 Å². The molecule has 0 atom stereocenters. The smallest absolute Gasteiger partial charge is 0.225 e. The lowest BCUT2D eigenvalue weighted by atomic mass is 10.2. The van der Waals surface area contributed by atoms with Gasteiger partial charge in [0.05, 0.1) is 0 Å². The number of piperazine rings is 1. The van der Waals surface area contributed by atoms with E-state index in [1.807, 2.05) is 26.2 Å². The Kier molecular flexibility index (Phi) is 5.18. The maximum Gasteiger partial charge on any atom is 0.225 e. The fourth-order valence-corrected chi connectivity index (χ4v) is 3.17. The van der Waals surface area contributed by atoms with Gasteiger partial charge in [0.25, 0.3) is 0 Å². The Balaban J connectivity index is 1.40. The molecule has 3 aromatic rings. The summed E-state index contributed by atoms with van der Waals surface area (Å²) >= 11 is 0. The molecule has 1 aliphatic rings. The number of rotatable bonds is 5. The molecule has 144 valence electrons. The largest absolute Gasteiger partial charge is 0.378 e. The minimum absolute atomic E-state index is 0.786. The first-order valence-corrected chi connectivity index (χ1v) is 9.32. The van der Waals surface area contributed by atoms with Gasteiger partial charge < -0.3 is 20.0 Å². The van der Waals surface area contributed by atoms with Crippen LogP contribution in [0.25, 0.3) is 0 Å². The van der Waals surface area contributed by atoms with Crippen molar-refractivity contribution in [1.82, 2.24) is 19.9 Å². The molecular weight excluding hydrogens is 352 g/mol. The molecule has 0 unspecified atom stereocenters. The number of hydrogen-bond donors (Lipinski definition) is 1. The summed E-state index contributed by atoms with van der Waals surface area (Å²) in [6.45, 7) is 3.46. The van der Waals surface area contributed by atoms with Crippen LogP contribution in [-0.2, 0) is 0 Å². The molecule has 0 amide bonds. The van der Waals surface area contributed by atoms with Crippen LogP contribution in [0, 0.1) is 0 Å². The molecule has 3 heterocycles. The molecule has 0 radical (unpaired) electrons. The van der Waals surface area contributed by atoms with Crippen LogP contribution in [0.4, 0.5) is 29.0 Å². The van der Waals surface area contributed by atoms with Crippen LogP contribution in [0.3, 0.4) is 0 Å². The maximum absolute atomic E-state index is 4.46. The number of nitrogens with zero attached hydrogens (tertiary/aromatic N) is 7. The molecule has 0 saturated carbocycles. The van der Waals surface area contributed by atoms with Gasteiger partial charge in [0.15, 0.2) is 0 Å². The lowest BCUT2D eigenvalue weighted by Crippen LogP contribution is -2.47. The highest BCUT2D eigenvalue weighted by Gasteiger charge is 2.20. The molecule has 4 rings (SSSR count). The van der Waals surface area contributed by atoms with Crippen molar-refractivity contribution in [2.75, 3.05) is 60.3 Å². The van der Waals surface area contributed by atoms with E-state index in [-0.39, 0.29) is 0 Å². The van der Waals surface area contributed by atoms with E-state index < -0.39 is 0 Å². The normalized spacial score (nSPS) is 14.1.